The maximum atomic E-state index is 12.4. The molecule has 3 rings (SSSR count). The molecule has 7 heteroatoms. The molecule has 27 heavy (non-hydrogen) atoms. The Hall–Kier alpha value is -2.70. The Labute approximate surface area is 158 Å². The third kappa shape index (κ3) is 5.39. The van der Waals surface area contributed by atoms with E-state index in [4.69, 9.17) is 4.52 Å². The Bertz CT molecular complexity index is 760. The zero-order valence-electron chi connectivity index (χ0n) is 15.6. The van der Waals surface area contributed by atoms with Crippen LogP contribution >= 0.6 is 0 Å². The fourth-order valence-corrected chi connectivity index (χ4v) is 3.33. The standard InChI is InChI=1S/C20H26N4O3/c1-2-7-16-22-19(27-24-16)11-6-10-17(25)21-15-12-13-18(26)23-20(15)14-8-4-3-5-9-14/h3-5,8-9,15,20H,2,6-7,10-13H2,1H3,(H,21,25)(H,23,26)/t15-,20+/m1/s1. The number of carbonyl (C=O) groups excluding carboxylic acids is 2. The molecule has 0 aliphatic carbocycles. The fraction of sp³-hybridized carbons (Fsp3) is 0.500. The third-order valence-electron chi connectivity index (χ3n) is 4.68. The van der Waals surface area contributed by atoms with Crippen LogP contribution in [-0.2, 0) is 22.4 Å². The third-order valence-corrected chi connectivity index (χ3v) is 4.68. The summed E-state index contributed by atoms with van der Waals surface area (Å²) >= 11 is 0. The molecule has 2 atom stereocenters. The van der Waals surface area contributed by atoms with E-state index < -0.39 is 0 Å². The van der Waals surface area contributed by atoms with E-state index in [0.717, 1.165) is 24.2 Å². The Morgan fingerprint density at radius 2 is 2.11 bits per heavy atom. The zero-order chi connectivity index (χ0) is 19.1. The van der Waals surface area contributed by atoms with Gasteiger partial charge in [0, 0.05) is 25.7 Å². The summed E-state index contributed by atoms with van der Waals surface area (Å²) in [6, 6.07) is 9.46. The number of hydrogen-bond donors (Lipinski definition) is 2. The molecule has 7 nitrogen and oxygen atoms in total. The van der Waals surface area contributed by atoms with Crippen LogP contribution in [-0.4, -0.2) is 28.0 Å². The van der Waals surface area contributed by atoms with Crippen LogP contribution in [0.5, 0.6) is 0 Å². The first-order valence-corrected chi connectivity index (χ1v) is 9.61. The molecule has 1 aliphatic rings. The SMILES string of the molecule is CCCc1noc(CCCC(=O)N[C@@H]2CCC(=O)N[C@H]2c2ccccc2)n1. The van der Waals surface area contributed by atoms with E-state index in [0.29, 0.717) is 38.0 Å². The van der Waals surface area contributed by atoms with Crippen molar-refractivity contribution in [1.29, 1.82) is 0 Å². The van der Waals surface area contributed by atoms with Crippen molar-refractivity contribution in [3.05, 3.63) is 47.6 Å². The van der Waals surface area contributed by atoms with Crippen LogP contribution in [0.3, 0.4) is 0 Å². The summed E-state index contributed by atoms with van der Waals surface area (Å²) in [4.78, 5) is 28.5. The van der Waals surface area contributed by atoms with Gasteiger partial charge in [0.15, 0.2) is 5.82 Å². The van der Waals surface area contributed by atoms with Gasteiger partial charge >= 0.3 is 0 Å². The van der Waals surface area contributed by atoms with Crippen molar-refractivity contribution in [2.75, 3.05) is 0 Å². The van der Waals surface area contributed by atoms with E-state index in [9.17, 15) is 9.59 Å². The molecule has 1 aromatic heterocycles. The summed E-state index contributed by atoms with van der Waals surface area (Å²) in [6.45, 7) is 2.07. The number of carbonyl (C=O) groups is 2. The molecule has 1 aliphatic heterocycles. The molecule has 0 radical (unpaired) electrons. The second kappa shape index (κ2) is 9.30. The van der Waals surface area contributed by atoms with Gasteiger partial charge in [-0.05, 0) is 24.8 Å². The van der Waals surface area contributed by atoms with Gasteiger partial charge in [0.05, 0.1) is 12.1 Å². The van der Waals surface area contributed by atoms with Crippen molar-refractivity contribution in [2.24, 2.45) is 0 Å². The summed E-state index contributed by atoms with van der Waals surface area (Å²) in [6.07, 6.45) is 4.47. The van der Waals surface area contributed by atoms with Crippen molar-refractivity contribution < 1.29 is 14.1 Å². The van der Waals surface area contributed by atoms with Gasteiger partial charge in [0.2, 0.25) is 17.7 Å². The summed E-state index contributed by atoms with van der Waals surface area (Å²) in [5, 5.41) is 10.00. The molecular weight excluding hydrogens is 344 g/mol. The van der Waals surface area contributed by atoms with Crippen LogP contribution in [0.15, 0.2) is 34.9 Å². The van der Waals surface area contributed by atoms with Crippen LogP contribution in [0.25, 0.3) is 0 Å². The topological polar surface area (TPSA) is 97.1 Å². The first-order valence-electron chi connectivity index (χ1n) is 9.61. The van der Waals surface area contributed by atoms with Crippen molar-refractivity contribution in [2.45, 2.75) is 64.0 Å². The Balaban J connectivity index is 1.50. The summed E-state index contributed by atoms with van der Waals surface area (Å²) < 4.78 is 5.20. The van der Waals surface area contributed by atoms with Crippen LogP contribution in [0, 0.1) is 0 Å². The number of aromatic nitrogens is 2. The van der Waals surface area contributed by atoms with Gasteiger partial charge in [0.1, 0.15) is 0 Å². The van der Waals surface area contributed by atoms with Gasteiger partial charge in [-0.1, -0.05) is 42.4 Å². The molecule has 1 saturated heterocycles. The highest BCUT2D eigenvalue weighted by Crippen LogP contribution is 2.24. The van der Waals surface area contributed by atoms with E-state index in [2.05, 4.69) is 27.7 Å². The number of benzene rings is 1. The predicted molar refractivity (Wildman–Crippen MR) is 99.7 cm³/mol. The molecular formula is C20H26N4O3. The van der Waals surface area contributed by atoms with Crippen molar-refractivity contribution in [1.82, 2.24) is 20.8 Å². The maximum Gasteiger partial charge on any atom is 0.226 e. The Morgan fingerprint density at radius 3 is 2.89 bits per heavy atom. The summed E-state index contributed by atoms with van der Waals surface area (Å²) in [5.74, 6) is 1.30. The predicted octanol–water partition coefficient (Wildman–Crippen LogP) is 2.48. The molecule has 2 N–H and O–H groups in total. The van der Waals surface area contributed by atoms with E-state index in [-0.39, 0.29) is 23.9 Å². The average Bonchev–Trinajstić information content (AvgIpc) is 3.11. The first kappa shape index (κ1) is 19.1. The van der Waals surface area contributed by atoms with Crippen LogP contribution < -0.4 is 10.6 Å². The molecule has 2 aromatic rings. The lowest BCUT2D eigenvalue weighted by atomic mass is 9.92. The quantitative estimate of drug-likeness (QED) is 0.744. The molecule has 0 spiro atoms. The van der Waals surface area contributed by atoms with E-state index >= 15 is 0 Å². The molecule has 2 heterocycles. The monoisotopic (exact) mass is 370 g/mol. The number of hydrogen-bond acceptors (Lipinski definition) is 5. The number of amides is 2. The van der Waals surface area contributed by atoms with E-state index in [1.165, 1.54) is 0 Å². The number of piperidine rings is 1. The van der Waals surface area contributed by atoms with Crippen LogP contribution in [0.1, 0.15) is 62.3 Å². The minimum atomic E-state index is -0.191. The van der Waals surface area contributed by atoms with Gasteiger partial charge in [0.25, 0.3) is 0 Å². The average molecular weight is 370 g/mol. The fourth-order valence-electron chi connectivity index (χ4n) is 3.33. The highest BCUT2D eigenvalue weighted by Gasteiger charge is 2.30. The van der Waals surface area contributed by atoms with Gasteiger partial charge < -0.3 is 15.2 Å². The van der Waals surface area contributed by atoms with Crippen LogP contribution in [0.4, 0.5) is 0 Å². The van der Waals surface area contributed by atoms with Gasteiger partial charge in [-0.3, -0.25) is 9.59 Å². The van der Waals surface area contributed by atoms with Gasteiger partial charge in [-0.25, -0.2) is 0 Å². The minimum Gasteiger partial charge on any atom is -0.351 e. The summed E-state index contributed by atoms with van der Waals surface area (Å²) in [5.41, 5.74) is 1.00. The second-order valence-corrected chi connectivity index (χ2v) is 6.88. The molecule has 144 valence electrons. The summed E-state index contributed by atoms with van der Waals surface area (Å²) in [7, 11) is 0. The molecule has 0 saturated carbocycles. The van der Waals surface area contributed by atoms with Crippen molar-refractivity contribution in [3.8, 4) is 0 Å². The molecule has 1 aromatic carbocycles. The number of rotatable bonds is 8. The van der Waals surface area contributed by atoms with Crippen LogP contribution in [0.2, 0.25) is 0 Å². The van der Waals surface area contributed by atoms with E-state index in [1.807, 2.05) is 30.3 Å². The molecule has 2 amide bonds. The Kier molecular flexibility index (Phi) is 6.57. The molecule has 0 unspecified atom stereocenters. The smallest absolute Gasteiger partial charge is 0.226 e. The largest absolute Gasteiger partial charge is 0.351 e. The highest BCUT2D eigenvalue weighted by atomic mass is 16.5. The normalized spacial score (nSPS) is 19.5. The minimum absolute atomic E-state index is 0.0219. The highest BCUT2D eigenvalue weighted by molar-refractivity contribution is 5.79. The van der Waals surface area contributed by atoms with E-state index in [1.54, 1.807) is 0 Å². The van der Waals surface area contributed by atoms with Gasteiger partial charge in [-0.2, -0.15) is 4.98 Å². The first-order chi connectivity index (χ1) is 13.2. The lowest BCUT2D eigenvalue weighted by Gasteiger charge is -2.33. The van der Waals surface area contributed by atoms with Crippen molar-refractivity contribution in [3.63, 3.8) is 0 Å². The number of nitrogens with one attached hydrogen (secondary N) is 2. The number of nitrogens with zero attached hydrogens (tertiary/aromatic N) is 2. The lowest BCUT2D eigenvalue weighted by Crippen LogP contribution is -2.50. The van der Waals surface area contributed by atoms with Gasteiger partial charge in [-0.15, -0.1) is 0 Å². The maximum absolute atomic E-state index is 12.4. The number of aryl methyl sites for hydroxylation is 2. The molecule has 1 fully saturated rings. The second-order valence-electron chi connectivity index (χ2n) is 6.88. The van der Waals surface area contributed by atoms with Crippen molar-refractivity contribution >= 4 is 11.8 Å². The Morgan fingerprint density at radius 1 is 1.30 bits per heavy atom. The molecule has 0 bridgehead atoms. The lowest BCUT2D eigenvalue weighted by molar-refractivity contribution is -0.127. The zero-order valence-corrected chi connectivity index (χ0v) is 15.6.